The normalized spacial score (nSPS) is 14.5. The maximum absolute atomic E-state index is 14.7. The maximum Gasteiger partial charge on any atom is 0.317 e. The Morgan fingerprint density at radius 3 is 1.64 bits per heavy atom. The summed E-state index contributed by atoms with van der Waals surface area (Å²) < 4.78 is 12.3. The van der Waals surface area contributed by atoms with Crippen molar-refractivity contribution in [2.24, 2.45) is 16.7 Å². The Balaban J connectivity index is 1.46. The van der Waals surface area contributed by atoms with Crippen LogP contribution in [0, 0.1) is 16.7 Å². The summed E-state index contributed by atoms with van der Waals surface area (Å²) in [5.74, 6) is 0.179. The fraction of sp³-hybridized carbons (Fsp3) is 0.352. The highest BCUT2D eigenvalue weighted by molar-refractivity contribution is 6.42. The first-order valence-corrected chi connectivity index (χ1v) is 22.1. The Hall–Kier alpha value is -5.95. The van der Waals surface area contributed by atoms with Crippen LogP contribution in [0.4, 0.5) is 0 Å². The van der Waals surface area contributed by atoms with E-state index in [1.807, 2.05) is 126 Å². The van der Waals surface area contributed by atoms with Crippen molar-refractivity contribution in [3.8, 4) is 22.8 Å². The summed E-state index contributed by atoms with van der Waals surface area (Å²) in [6.45, 7) is 20.9. The lowest BCUT2D eigenvalue weighted by Crippen LogP contribution is -2.33. The fourth-order valence-electron chi connectivity index (χ4n) is 8.85. The van der Waals surface area contributed by atoms with E-state index in [2.05, 4.69) is 25.4 Å². The summed E-state index contributed by atoms with van der Waals surface area (Å²) in [7, 11) is 0. The lowest BCUT2D eigenvalue weighted by atomic mass is 9.76. The van der Waals surface area contributed by atoms with Crippen LogP contribution in [0.25, 0.3) is 38.7 Å². The van der Waals surface area contributed by atoms with E-state index >= 15 is 0 Å². The highest BCUT2D eigenvalue weighted by atomic mass is 16.5. The number of aromatic amines is 1. The van der Waals surface area contributed by atoms with Gasteiger partial charge in [-0.05, 0) is 91.3 Å². The van der Waals surface area contributed by atoms with Gasteiger partial charge in [0.15, 0.2) is 0 Å². The number of hydrogen-bond donors (Lipinski definition) is 2. The molecule has 61 heavy (non-hydrogen) atoms. The van der Waals surface area contributed by atoms with Crippen LogP contribution < -0.4 is 9.47 Å². The Bertz CT molecular complexity index is 2510. The van der Waals surface area contributed by atoms with Crippen molar-refractivity contribution in [3.63, 3.8) is 0 Å². The molecular weight excluding hydrogens is 759 g/mol. The highest BCUT2D eigenvalue weighted by Crippen LogP contribution is 2.48. The molecule has 0 saturated heterocycles. The van der Waals surface area contributed by atoms with Crippen LogP contribution in [-0.4, -0.2) is 27.8 Å². The van der Waals surface area contributed by atoms with Gasteiger partial charge in [-0.1, -0.05) is 147 Å². The molecule has 2 N–H and O–H groups in total. The van der Waals surface area contributed by atoms with E-state index in [-0.39, 0.29) is 40.5 Å². The van der Waals surface area contributed by atoms with Gasteiger partial charge in [0, 0.05) is 21.9 Å². The number of aliphatic hydroxyl groups excluding tert-OH is 1. The van der Waals surface area contributed by atoms with Gasteiger partial charge in [0.2, 0.25) is 5.78 Å². The molecular formula is C54H61NO6. The second-order valence-corrected chi connectivity index (χ2v) is 16.5. The van der Waals surface area contributed by atoms with Gasteiger partial charge in [-0.2, -0.15) is 0 Å². The van der Waals surface area contributed by atoms with Gasteiger partial charge in [-0.25, -0.2) is 0 Å². The quantitative estimate of drug-likeness (QED) is 0.0518. The van der Waals surface area contributed by atoms with E-state index in [4.69, 9.17) is 9.47 Å². The van der Waals surface area contributed by atoms with Crippen LogP contribution in [0.1, 0.15) is 129 Å². The number of ether oxygens (including phenoxy) is 2. The van der Waals surface area contributed by atoms with Crippen molar-refractivity contribution in [3.05, 3.63) is 137 Å². The van der Waals surface area contributed by atoms with E-state index in [1.165, 1.54) is 0 Å². The molecule has 0 amide bonds. The molecule has 1 atom stereocenters. The van der Waals surface area contributed by atoms with Crippen LogP contribution in [0.2, 0.25) is 0 Å². The van der Waals surface area contributed by atoms with Gasteiger partial charge >= 0.3 is 11.9 Å². The number of para-hydroxylation sites is 2. The van der Waals surface area contributed by atoms with Crippen LogP contribution in [-0.2, 0) is 14.4 Å². The minimum atomic E-state index is -0.590. The average Bonchev–Trinajstić information content (AvgIpc) is 3.66. The third kappa shape index (κ3) is 8.15. The number of aromatic nitrogens is 1. The lowest BCUT2D eigenvalue weighted by Gasteiger charge is -2.28. The van der Waals surface area contributed by atoms with Crippen molar-refractivity contribution in [1.82, 2.24) is 4.98 Å². The summed E-state index contributed by atoms with van der Waals surface area (Å²) in [4.78, 5) is 45.6. The molecule has 1 aliphatic rings. The Kier molecular flexibility index (Phi) is 13.7. The molecule has 1 heterocycles. The predicted octanol–water partition coefficient (Wildman–Crippen LogP) is 13.9. The van der Waals surface area contributed by atoms with E-state index < -0.39 is 10.8 Å². The van der Waals surface area contributed by atoms with Gasteiger partial charge in [0.25, 0.3) is 0 Å². The zero-order valence-corrected chi connectivity index (χ0v) is 37.2. The number of esters is 2. The van der Waals surface area contributed by atoms with Crippen molar-refractivity contribution >= 4 is 45.2 Å². The molecule has 7 heteroatoms. The van der Waals surface area contributed by atoms with Crippen molar-refractivity contribution < 1.29 is 29.0 Å². The van der Waals surface area contributed by atoms with Crippen LogP contribution in [0.5, 0.6) is 11.5 Å². The van der Waals surface area contributed by atoms with Gasteiger partial charge in [-0.15, -0.1) is 0 Å². The van der Waals surface area contributed by atoms with Crippen LogP contribution >= 0.6 is 0 Å². The minimum Gasteiger partial charge on any atom is -0.506 e. The van der Waals surface area contributed by atoms with Crippen molar-refractivity contribution in [1.29, 1.82) is 0 Å². The molecule has 7 nitrogen and oxygen atoms in total. The summed E-state index contributed by atoms with van der Waals surface area (Å²) >= 11 is 0. The number of hydrogen-bond acceptors (Lipinski definition) is 6. The second kappa shape index (κ2) is 18.8. The van der Waals surface area contributed by atoms with Crippen molar-refractivity contribution in [2.75, 3.05) is 0 Å². The smallest absolute Gasteiger partial charge is 0.317 e. The van der Waals surface area contributed by atoms with Crippen LogP contribution in [0.15, 0.2) is 115 Å². The highest BCUT2D eigenvalue weighted by Gasteiger charge is 2.41. The summed E-state index contributed by atoms with van der Waals surface area (Å²) in [5.41, 5.74) is 4.77. The number of allylic oxidation sites excluding steroid dienone is 3. The number of benzene rings is 4. The van der Waals surface area contributed by atoms with E-state index in [0.717, 1.165) is 33.9 Å². The molecule has 0 saturated carbocycles. The molecule has 5 aromatic rings. The Morgan fingerprint density at radius 1 is 0.639 bits per heavy atom. The molecule has 0 fully saturated rings. The van der Waals surface area contributed by atoms with E-state index in [1.54, 1.807) is 12.1 Å². The molecule has 318 valence electrons. The SMILES string of the molecule is C=C(c1ccccc1OC(=O)C(CC)(CC)CC)c1ccccc1/C(CC(C)CC)=C1\C(=O)C(c2[nH]c(-c3ccccc3OC(=O)C(CC)(CC)CC)c3ccccc23)=C1O. The van der Waals surface area contributed by atoms with E-state index in [9.17, 15) is 19.5 Å². The fourth-order valence-corrected chi connectivity index (χ4v) is 8.85. The molecule has 1 aromatic heterocycles. The largest absolute Gasteiger partial charge is 0.506 e. The molecule has 1 unspecified atom stereocenters. The number of rotatable bonds is 18. The van der Waals surface area contributed by atoms with Gasteiger partial charge < -0.3 is 19.6 Å². The van der Waals surface area contributed by atoms with Gasteiger partial charge in [0.05, 0.1) is 33.4 Å². The number of aliphatic hydroxyl groups is 1. The summed E-state index contributed by atoms with van der Waals surface area (Å²) in [5, 5.41) is 13.8. The Labute approximate surface area is 361 Å². The predicted molar refractivity (Wildman–Crippen MR) is 248 cm³/mol. The second-order valence-electron chi connectivity index (χ2n) is 16.5. The lowest BCUT2D eigenvalue weighted by molar-refractivity contribution is -0.147. The summed E-state index contributed by atoms with van der Waals surface area (Å²) in [6, 6.07) is 30.4. The zero-order chi connectivity index (χ0) is 44.1. The molecule has 0 spiro atoms. The number of nitrogens with one attached hydrogen (secondary N) is 1. The summed E-state index contributed by atoms with van der Waals surface area (Å²) in [6.07, 6.45) is 5.41. The molecule has 0 bridgehead atoms. The molecule has 4 aromatic carbocycles. The zero-order valence-electron chi connectivity index (χ0n) is 37.2. The number of Topliss-reactive ketones (excluding diaryl/α,β-unsaturated/α-hetero) is 1. The molecule has 6 rings (SSSR count). The topological polar surface area (TPSA) is 106 Å². The monoisotopic (exact) mass is 819 g/mol. The van der Waals surface area contributed by atoms with Gasteiger partial charge in [-0.3, -0.25) is 14.4 Å². The molecule has 1 aliphatic carbocycles. The maximum atomic E-state index is 14.7. The van der Waals surface area contributed by atoms with Crippen molar-refractivity contribution in [2.45, 2.75) is 107 Å². The number of ketones is 1. The number of carbonyl (C=O) groups is 3. The third-order valence-corrected chi connectivity index (χ3v) is 13.7. The standard InChI is InChI=1S/C54H61NO6/c1-10-34(8)33-42(38-27-18-17-25-36(38)35(9)37-26-21-23-31-43(37)60-51(58)53(11-2,12-3)13-4)45-49(56)46(50(45)57)48-40-29-20-19-28-39(40)47(55-48)41-30-22-24-32-44(41)61-52(59)54(14-5,15-6)16-7/h17-32,34,55-56H,9-16,33H2,1-8H3/b45-42-. The molecule has 0 aliphatic heterocycles. The number of H-pyrrole nitrogens is 1. The number of fused-ring (bicyclic) bond motifs is 1. The molecule has 0 radical (unpaired) electrons. The first kappa shape index (κ1) is 44.6. The number of carbonyl (C=O) groups excluding carboxylic acids is 3. The van der Waals surface area contributed by atoms with Crippen LogP contribution in [0.3, 0.4) is 0 Å². The van der Waals surface area contributed by atoms with E-state index in [0.29, 0.717) is 84.5 Å². The van der Waals surface area contributed by atoms with Gasteiger partial charge in [0.1, 0.15) is 17.3 Å². The first-order chi connectivity index (χ1) is 29.4. The first-order valence-electron chi connectivity index (χ1n) is 22.1. The third-order valence-electron chi connectivity index (χ3n) is 13.7. The minimum absolute atomic E-state index is 0.0787. The Morgan fingerprint density at radius 2 is 1.10 bits per heavy atom. The average molecular weight is 820 g/mol.